The lowest BCUT2D eigenvalue weighted by Crippen LogP contribution is -2.41. The summed E-state index contributed by atoms with van der Waals surface area (Å²) in [5.74, 6) is 0.828. The summed E-state index contributed by atoms with van der Waals surface area (Å²) in [7, 11) is 0. The zero-order valence-electron chi connectivity index (χ0n) is 14.8. The van der Waals surface area contributed by atoms with E-state index in [1.807, 2.05) is 4.90 Å². The Kier molecular flexibility index (Phi) is 4.70. The zero-order valence-corrected chi connectivity index (χ0v) is 14.8. The number of pyridine rings is 1. The zero-order chi connectivity index (χ0) is 19.7. The minimum atomic E-state index is -4.44. The number of halogens is 3. The van der Waals surface area contributed by atoms with Gasteiger partial charge in [0.15, 0.2) is 5.65 Å². The van der Waals surface area contributed by atoms with Crippen LogP contribution in [0.1, 0.15) is 24.2 Å². The molecule has 0 atom stereocenters. The minimum Gasteiger partial charge on any atom is -0.467 e. The van der Waals surface area contributed by atoms with Crippen molar-refractivity contribution < 1.29 is 22.4 Å². The van der Waals surface area contributed by atoms with Crippen molar-refractivity contribution in [3.8, 4) is 0 Å². The van der Waals surface area contributed by atoms with Crippen LogP contribution in [0.5, 0.6) is 0 Å². The Bertz CT molecular complexity index is 959. The predicted octanol–water partition coefficient (Wildman–Crippen LogP) is 2.87. The summed E-state index contributed by atoms with van der Waals surface area (Å²) in [5, 5.41) is 10.8. The van der Waals surface area contributed by atoms with E-state index in [9.17, 15) is 18.0 Å². The Morgan fingerprint density at radius 2 is 2.00 bits per heavy atom. The van der Waals surface area contributed by atoms with E-state index in [0.29, 0.717) is 49.8 Å². The third-order valence-corrected chi connectivity index (χ3v) is 4.88. The molecule has 3 aromatic rings. The third kappa shape index (κ3) is 3.67. The molecule has 0 saturated carbocycles. The molecule has 4 rings (SSSR count). The quantitative estimate of drug-likeness (QED) is 0.738. The molecule has 7 nitrogen and oxygen atoms in total. The second-order valence-corrected chi connectivity index (χ2v) is 6.70. The Morgan fingerprint density at radius 1 is 1.21 bits per heavy atom. The molecule has 0 spiro atoms. The van der Waals surface area contributed by atoms with E-state index < -0.39 is 11.7 Å². The highest BCUT2D eigenvalue weighted by molar-refractivity contribution is 5.78. The lowest BCUT2D eigenvalue weighted by molar-refractivity contribution is -0.137. The second kappa shape index (κ2) is 7.17. The highest BCUT2D eigenvalue weighted by Crippen LogP contribution is 2.30. The maximum absolute atomic E-state index is 13.0. The molecule has 1 saturated heterocycles. The topological polar surface area (TPSA) is 75.7 Å². The standard InChI is InChI=1S/C18H18F3N5O2/c19-18(20,21)13-3-4-15-23-24-17(26(15)11-13)25-7-5-12(6-8-25)16(27)22-10-14-2-1-9-28-14/h1-4,9,11-12H,5-8,10H2,(H,22,27). The molecule has 4 heterocycles. The number of hydrogen-bond donors (Lipinski definition) is 1. The van der Waals surface area contributed by atoms with Crippen molar-refractivity contribution in [2.24, 2.45) is 5.92 Å². The maximum atomic E-state index is 13.0. The van der Waals surface area contributed by atoms with Crippen molar-refractivity contribution in [2.45, 2.75) is 25.6 Å². The summed E-state index contributed by atoms with van der Waals surface area (Å²) in [6.07, 6.45) is -0.718. The van der Waals surface area contributed by atoms with Crippen LogP contribution in [0.2, 0.25) is 0 Å². The van der Waals surface area contributed by atoms with E-state index in [-0.39, 0.29) is 11.8 Å². The second-order valence-electron chi connectivity index (χ2n) is 6.70. The van der Waals surface area contributed by atoms with Gasteiger partial charge in [0, 0.05) is 25.2 Å². The normalized spacial score (nSPS) is 15.9. The fraction of sp³-hybridized carbons (Fsp3) is 0.389. The average Bonchev–Trinajstić information content (AvgIpc) is 3.34. The third-order valence-electron chi connectivity index (χ3n) is 4.88. The monoisotopic (exact) mass is 393 g/mol. The van der Waals surface area contributed by atoms with Gasteiger partial charge in [-0.3, -0.25) is 9.20 Å². The number of carbonyl (C=O) groups is 1. The van der Waals surface area contributed by atoms with Crippen molar-refractivity contribution >= 4 is 17.5 Å². The summed E-state index contributed by atoms with van der Waals surface area (Å²) in [4.78, 5) is 14.2. The van der Waals surface area contributed by atoms with Gasteiger partial charge in [-0.2, -0.15) is 13.2 Å². The van der Waals surface area contributed by atoms with Crippen LogP contribution in [0.15, 0.2) is 41.1 Å². The molecule has 1 aliphatic heterocycles. The number of rotatable bonds is 4. The van der Waals surface area contributed by atoms with Crippen LogP contribution >= 0.6 is 0 Å². The van der Waals surface area contributed by atoms with Crippen LogP contribution in [0, 0.1) is 5.92 Å². The average molecular weight is 393 g/mol. The molecule has 0 unspecified atom stereocenters. The Hall–Kier alpha value is -3.04. The number of furan rings is 1. The lowest BCUT2D eigenvalue weighted by Gasteiger charge is -2.31. The van der Waals surface area contributed by atoms with Gasteiger partial charge in [0.2, 0.25) is 11.9 Å². The number of nitrogens with one attached hydrogen (secondary N) is 1. The molecule has 28 heavy (non-hydrogen) atoms. The number of hydrogen-bond acceptors (Lipinski definition) is 5. The summed E-state index contributed by atoms with van der Waals surface area (Å²) >= 11 is 0. The molecule has 1 N–H and O–H groups in total. The van der Waals surface area contributed by atoms with Crippen LogP contribution < -0.4 is 10.2 Å². The largest absolute Gasteiger partial charge is 0.467 e. The molecule has 1 amide bonds. The molecule has 0 aromatic carbocycles. The van der Waals surface area contributed by atoms with Gasteiger partial charge in [-0.05, 0) is 37.1 Å². The van der Waals surface area contributed by atoms with Crippen LogP contribution in [0.25, 0.3) is 5.65 Å². The SMILES string of the molecule is O=C(NCc1ccco1)C1CCN(c2nnc3ccc(C(F)(F)F)cn23)CC1. The van der Waals surface area contributed by atoms with Crippen molar-refractivity contribution in [1.82, 2.24) is 19.9 Å². The van der Waals surface area contributed by atoms with Crippen LogP contribution in [-0.4, -0.2) is 33.6 Å². The first-order valence-corrected chi connectivity index (χ1v) is 8.89. The number of nitrogens with zero attached hydrogens (tertiary/aromatic N) is 4. The molecule has 0 bridgehead atoms. The van der Waals surface area contributed by atoms with Gasteiger partial charge >= 0.3 is 6.18 Å². The van der Waals surface area contributed by atoms with Gasteiger partial charge in [0.05, 0.1) is 18.4 Å². The molecule has 3 aromatic heterocycles. The highest BCUT2D eigenvalue weighted by atomic mass is 19.4. The molecule has 1 fully saturated rings. The van der Waals surface area contributed by atoms with Crippen molar-refractivity contribution in [3.63, 3.8) is 0 Å². The van der Waals surface area contributed by atoms with Gasteiger partial charge < -0.3 is 14.6 Å². The van der Waals surface area contributed by atoms with Gasteiger partial charge in [-0.15, -0.1) is 10.2 Å². The number of carbonyl (C=O) groups excluding carboxylic acids is 1. The summed E-state index contributed by atoms with van der Waals surface area (Å²) in [6.45, 7) is 1.35. The summed E-state index contributed by atoms with van der Waals surface area (Å²) < 4.78 is 45.5. The van der Waals surface area contributed by atoms with Gasteiger partial charge in [0.1, 0.15) is 5.76 Å². The van der Waals surface area contributed by atoms with Crippen LogP contribution in [0.3, 0.4) is 0 Å². The Balaban J connectivity index is 1.41. The molecular weight excluding hydrogens is 375 g/mol. The summed E-state index contributed by atoms with van der Waals surface area (Å²) in [5.41, 5.74) is -0.408. The van der Waals surface area contributed by atoms with Crippen molar-refractivity contribution in [1.29, 1.82) is 0 Å². The lowest BCUT2D eigenvalue weighted by atomic mass is 9.96. The van der Waals surface area contributed by atoms with E-state index in [0.717, 1.165) is 12.3 Å². The molecular formula is C18H18F3N5O2. The summed E-state index contributed by atoms with van der Waals surface area (Å²) in [6, 6.07) is 5.83. The first-order chi connectivity index (χ1) is 13.4. The maximum Gasteiger partial charge on any atom is 0.417 e. The van der Waals surface area contributed by atoms with Crippen LogP contribution in [-0.2, 0) is 17.5 Å². The van der Waals surface area contributed by atoms with Crippen molar-refractivity contribution in [3.05, 3.63) is 48.0 Å². The van der Waals surface area contributed by atoms with E-state index in [4.69, 9.17) is 4.42 Å². The van der Waals surface area contributed by atoms with E-state index in [2.05, 4.69) is 15.5 Å². The van der Waals surface area contributed by atoms with Gasteiger partial charge in [0.25, 0.3) is 0 Å². The fourth-order valence-corrected chi connectivity index (χ4v) is 3.34. The van der Waals surface area contributed by atoms with Crippen molar-refractivity contribution in [2.75, 3.05) is 18.0 Å². The molecule has 0 radical (unpaired) electrons. The first-order valence-electron chi connectivity index (χ1n) is 8.89. The number of amides is 1. The number of anilines is 1. The smallest absolute Gasteiger partial charge is 0.417 e. The predicted molar refractivity (Wildman–Crippen MR) is 93.5 cm³/mol. The van der Waals surface area contributed by atoms with Gasteiger partial charge in [-0.25, -0.2) is 0 Å². The van der Waals surface area contributed by atoms with E-state index in [1.165, 1.54) is 10.5 Å². The van der Waals surface area contributed by atoms with Gasteiger partial charge in [-0.1, -0.05) is 0 Å². The highest BCUT2D eigenvalue weighted by Gasteiger charge is 2.32. The molecule has 1 aliphatic rings. The Morgan fingerprint density at radius 3 is 2.68 bits per heavy atom. The van der Waals surface area contributed by atoms with E-state index in [1.54, 1.807) is 18.4 Å². The molecule has 0 aliphatic carbocycles. The Labute approximate surface area is 158 Å². The molecule has 10 heteroatoms. The number of piperidine rings is 1. The minimum absolute atomic E-state index is 0.0542. The fourth-order valence-electron chi connectivity index (χ4n) is 3.34. The van der Waals surface area contributed by atoms with E-state index >= 15 is 0 Å². The first kappa shape index (κ1) is 18.3. The van der Waals surface area contributed by atoms with Crippen LogP contribution in [0.4, 0.5) is 19.1 Å². The molecule has 148 valence electrons. The number of aromatic nitrogens is 3. The number of fused-ring (bicyclic) bond motifs is 1. The number of alkyl halides is 3.